The van der Waals surface area contributed by atoms with Crippen molar-refractivity contribution in [3.8, 4) is 5.75 Å². The second kappa shape index (κ2) is 5.88. The van der Waals surface area contributed by atoms with Crippen LogP contribution in [0.3, 0.4) is 0 Å². The lowest BCUT2D eigenvalue weighted by Crippen LogP contribution is -2.06. The highest BCUT2D eigenvalue weighted by atomic mass is 35.5. The molecule has 0 saturated heterocycles. The number of ether oxygens (including phenoxy) is 1. The Kier molecular flexibility index (Phi) is 4.20. The lowest BCUT2D eigenvalue weighted by molar-refractivity contribution is 0.0694. The van der Waals surface area contributed by atoms with Crippen LogP contribution >= 0.6 is 11.6 Å². The van der Waals surface area contributed by atoms with E-state index in [4.69, 9.17) is 21.4 Å². The molecule has 104 valence electrons. The molecule has 0 fully saturated rings. The molecule has 0 bridgehead atoms. The number of aromatic carboxylic acids is 1. The van der Waals surface area contributed by atoms with E-state index in [-0.39, 0.29) is 22.9 Å². The van der Waals surface area contributed by atoms with Crippen molar-refractivity contribution < 1.29 is 23.4 Å². The molecule has 0 aliphatic heterocycles. The molecule has 3 nitrogen and oxygen atoms in total. The molecule has 0 spiro atoms. The molecule has 0 saturated carbocycles. The van der Waals surface area contributed by atoms with Crippen molar-refractivity contribution >= 4 is 17.6 Å². The zero-order valence-corrected chi connectivity index (χ0v) is 10.8. The number of hydrogen-bond acceptors (Lipinski definition) is 2. The Morgan fingerprint density at radius 3 is 2.60 bits per heavy atom. The van der Waals surface area contributed by atoms with Crippen LogP contribution in [-0.4, -0.2) is 11.1 Å². The SMILES string of the molecule is O=C(O)c1cc(Cl)ccc1COc1ccc(F)cc1F. The maximum Gasteiger partial charge on any atom is 0.336 e. The van der Waals surface area contributed by atoms with E-state index in [0.717, 1.165) is 12.1 Å². The number of carboxylic acid groups (broad SMARTS) is 1. The Morgan fingerprint density at radius 1 is 1.20 bits per heavy atom. The smallest absolute Gasteiger partial charge is 0.336 e. The fraction of sp³-hybridized carbons (Fsp3) is 0.0714. The van der Waals surface area contributed by atoms with E-state index in [1.807, 2.05) is 0 Å². The Hall–Kier alpha value is -2.14. The molecule has 2 aromatic rings. The summed E-state index contributed by atoms with van der Waals surface area (Å²) in [5.74, 6) is -2.88. The van der Waals surface area contributed by atoms with Gasteiger partial charge in [0.25, 0.3) is 0 Å². The van der Waals surface area contributed by atoms with Gasteiger partial charge in [0.15, 0.2) is 11.6 Å². The zero-order chi connectivity index (χ0) is 14.7. The summed E-state index contributed by atoms with van der Waals surface area (Å²) < 4.78 is 31.3. The van der Waals surface area contributed by atoms with Crippen molar-refractivity contribution in [3.63, 3.8) is 0 Å². The summed E-state index contributed by atoms with van der Waals surface area (Å²) in [4.78, 5) is 11.1. The molecule has 0 aromatic heterocycles. The second-order valence-electron chi connectivity index (χ2n) is 3.97. The van der Waals surface area contributed by atoms with Crippen molar-refractivity contribution in [2.45, 2.75) is 6.61 Å². The third-order valence-electron chi connectivity index (χ3n) is 2.58. The lowest BCUT2D eigenvalue weighted by atomic mass is 10.1. The van der Waals surface area contributed by atoms with Gasteiger partial charge in [-0.1, -0.05) is 17.7 Å². The minimum absolute atomic E-state index is 0.0278. The Morgan fingerprint density at radius 2 is 1.95 bits per heavy atom. The molecule has 20 heavy (non-hydrogen) atoms. The fourth-order valence-electron chi connectivity index (χ4n) is 1.62. The number of carbonyl (C=O) groups is 1. The van der Waals surface area contributed by atoms with Crippen LogP contribution in [0.1, 0.15) is 15.9 Å². The molecule has 0 unspecified atom stereocenters. The molecule has 1 N–H and O–H groups in total. The first-order chi connectivity index (χ1) is 9.47. The van der Waals surface area contributed by atoms with Gasteiger partial charge in [0.05, 0.1) is 5.56 Å². The first-order valence-corrected chi connectivity index (χ1v) is 5.95. The van der Waals surface area contributed by atoms with Gasteiger partial charge in [-0.2, -0.15) is 0 Å². The van der Waals surface area contributed by atoms with Gasteiger partial charge in [0, 0.05) is 16.7 Å². The van der Waals surface area contributed by atoms with Crippen molar-refractivity contribution in [1.29, 1.82) is 0 Å². The molecule has 0 atom stereocenters. The quantitative estimate of drug-likeness (QED) is 0.931. The van der Waals surface area contributed by atoms with E-state index < -0.39 is 17.6 Å². The summed E-state index contributed by atoms with van der Waals surface area (Å²) in [6.07, 6.45) is 0. The van der Waals surface area contributed by atoms with E-state index in [1.165, 1.54) is 18.2 Å². The normalized spacial score (nSPS) is 10.3. The minimum atomic E-state index is -1.16. The summed E-state index contributed by atoms with van der Waals surface area (Å²) in [5.41, 5.74) is 0.311. The molecular formula is C14H9ClF2O3. The van der Waals surface area contributed by atoms with E-state index in [1.54, 1.807) is 0 Å². The highest BCUT2D eigenvalue weighted by Crippen LogP contribution is 2.21. The number of rotatable bonds is 4. The molecule has 0 amide bonds. The van der Waals surface area contributed by atoms with Gasteiger partial charge in [-0.05, 0) is 24.3 Å². The minimum Gasteiger partial charge on any atom is -0.486 e. The van der Waals surface area contributed by atoms with Gasteiger partial charge in [0.1, 0.15) is 12.4 Å². The number of hydrogen-bond donors (Lipinski definition) is 1. The largest absolute Gasteiger partial charge is 0.486 e. The third kappa shape index (κ3) is 3.24. The first kappa shape index (κ1) is 14.3. The van der Waals surface area contributed by atoms with Crippen molar-refractivity contribution in [2.75, 3.05) is 0 Å². The molecule has 6 heteroatoms. The van der Waals surface area contributed by atoms with E-state index >= 15 is 0 Å². The van der Waals surface area contributed by atoms with Gasteiger partial charge < -0.3 is 9.84 Å². The second-order valence-corrected chi connectivity index (χ2v) is 4.41. The average molecular weight is 299 g/mol. The predicted octanol–water partition coefficient (Wildman–Crippen LogP) is 3.90. The highest BCUT2D eigenvalue weighted by molar-refractivity contribution is 6.30. The van der Waals surface area contributed by atoms with Crippen LogP contribution in [0.5, 0.6) is 5.75 Å². The van der Waals surface area contributed by atoms with Crippen LogP contribution in [0.25, 0.3) is 0 Å². The Balaban J connectivity index is 2.20. The molecule has 2 aromatic carbocycles. The van der Waals surface area contributed by atoms with Crippen LogP contribution in [0, 0.1) is 11.6 Å². The van der Waals surface area contributed by atoms with Crippen molar-refractivity contribution in [3.05, 3.63) is 64.2 Å². The molecular weight excluding hydrogens is 290 g/mol. The summed E-state index contributed by atoms with van der Waals surface area (Å²) in [6.45, 7) is -0.165. The zero-order valence-electron chi connectivity index (χ0n) is 10.1. The monoisotopic (exact) mass is 298 g/mol. The molecule has 0 aliphatic carbocycles. The molecule has 2 rings (SSSR count). The topological polar surface area (TPSA) is 46.5 Å². The number of benzene rings is 2. The summed E-state index contributed by atoms with van der Waals surface area (Å²) in [5, 5.41) is 9.32. The van der Waals surface area contributed by atoms with Gasteiger partial charge in [-0.3, -0.25) is 0 Å². The molecule has 0 heterocycles. The summed E-state index contributed by atoms with van der Waals surface area (Å²) in [7, 11) is 0. The van der Waals surface area contributed by atoms with Gasteiger partial charge in [-0.15, -0.1) is 0 Å². The van der Waals surface area contributed by atoms with Crippen molar-refractivity contribution in [1.82, 2.24) is 0 Å². The van der Waals surface area contributed by atoms with Gasteiger partial charge in [0.2, 0.25) is 0 Å². The molecule has 0 radical (unpaired) electrons. The lowest BCUT2D eigenvalue weighted by Gasteiger charge is -2.10. The van der Waals surface area contributed by atoms with E-state index in [0.29, 0.717) is 11.6 Å². The van der Waals surface area contributed by atoms with Crippen LogP contribution in [0.2, 0.25) is 5.02 Å². The number of carboxylic acids is 1. The van der Waals surface area contributed by atoms with Crippen molar-refractivity contribution in [2.24, 2.45) is 0 Å². The summed E-state index contributed by atoms with van der Waals surface area (Å²) in [6, 6.07) is 7.15. The van der Waals surface area contributed by atoms with E-state index in [2.05, 4.69) is 0 Å². The van der Waals surface area contributed by atoms with Gasteiger partial charge >= 0.3 is 5.97 Å². The van der Waals surface area contributed by atoms with Gasteiger partial charge in [-0.25, -0.2) is 13.6 Å². The Bertz CT molecular complexity index is 659. The Labute approximate surface area is 118 Å². The summed E-state index contributed by atoms with van der Waals surface area (Å²) >= 11 is 5.71. The predicted molar refractivity (Wildman–Crippen MR) is 69.1 cm³/mol. The van der Waals surface area contributed by atoms with Crippen LogP contribution in [0.4, 0.5) is 8.78 Å². The number of halogens is 3. The van der Waals surface area contributed by atoms with Crippen LogP contribution in [0.15, 0.2) is 36.4 Å². The first-order valence-electron chi connectivity index (χ1n) is 5.57. The van der Waals surface area contributed by atoms with Crippen LogP contribution in [-0.2, 0) is 6.61 Å². The van der Waals surface area contributed by atoms with Crippen LogP contribution < -0.4 is 4.74 Å². The van der Waals surface area contributed by atoms with E-state index in [9.17, 15) is 13.6 Å². The third-order valence-corrected chi connectivity index (χ3v) is 2.81. The average Bonchev–Trinajstić information content (AvgIpc) is 2.38. The highest BCUT2D eigenvalue weighted by Gasteiger charge is 2.12. The molecule has 0 aliphatic rings. The maximum atomic E-state index is 13.4. The maximum absolute atomic E-state index is 13.4. The standard InChI is InChI=1S/C14H9ClF2O3/c15-9-2-1-8(11(5-9)14(18)19)7-20-13-4-3-10(16)6-12(13)17/h1-6H,7H2,(H,18,19). The fourth-order valence-corrected chi connectivity index (χ4v) is 1.79.